The number of hydrogen-bond acceptors (Lipinski definition) is 2. The zero-order valence-electron chi connectivity index (χ0n) is 12.4. The number of ether oxygens (including phenoxy) is 1. The number of benzene rings is 1. The van der Waals surface area contributed by atoms with Crippen LogP contribution >= 0.6 is 0 Å². The Morgan fingerprint density at radius 2 is 1.89 bits per heavy atom. The first kappa shape index (κ1) is 15.0. The van der Waals surface area contributed by atoms with Gasteiger partial charge in [-0.25, -0.2) is 0 Å². The Morgan fingerprint density at radius 1 is 1.22 bits per heavy atom. The third kappa shape index (κ3) is 5.09. The van der Waals surface area contributed by atoms with Crippen molar-refractivity contribution in [1.82, 2.24) is 5.32 Å². The van der Waals surface area contributed by atoms with Gasteiger partial charge in [0, 0.05) is 11.6 Å². The van der Waals surface area contributed by atoms with Crippen molar-refractivity contribution in [3.63, 3.8) is 0 Å². The third-order valence-electron chi connectivity index (χ3n) is 3.01. The number of nitrogens with one attached hydrogen (secondary N) is 1. The molecule has 1 rings (SSSR count). The standard InChI is InChI=1S/C16H27NO/c1-6-17-13(2)14-9-7-8-10-15(14)18-12-11-16(3,4)5/h7-10,13,17H,6,11-12H2,1-5H3. The average Bonchev–Trinajstić information content (AvgIpc) is 2.28. The largest absolute Gasteiger partial charge is 0.493 e. The molecule has 102 valence electrons. The molecule has 0 bridgehead atoms. The van der Waals surface area contributed by atoms with Gasteiger partial charge < -0.3 is 10.1 Å². The van der Waals surface area contributed by atoms with Crippen LogP contribution in [0, 0.1) is 5.41 Å². The van der Waals surface area contributed by atoms with Crippen LogP contribution in [0.25, 0.3) is 0 Å². The smallest absolute Gasteiger partial charge is 0.124 e. The van der Waals surface area contributed by atoms with Crippen LogP contribution in [-0.4, -0.2) is 13.2 Å². The fraction of sp³-hybridized carbons (Fsp3) is 0.625. The molecular formula is C16H27NO. The second-order valence-corrected chi connectivity index (χ2v) is 5.98. The van der Waals surface area contributed by atoms with Gasteiger partial charge in [0.1, 0.15) is 5.75 Å². The molecule has 1 aromatic carbocycles. The van der Waals surface area contributed by atoms with Crippen molar-refractivity contribution < 1.29 is 4.74 Å². The maximum absolute atomic E-state index is 5.94. The topological polar surface area (TPSA) is 21.3 Å². The van der Waals surface area contributed by atoms with Gasteiger partial charge in [0.2, 0.25) is 0 Å². The maximum Gasteiger partial charge on any atom is 0.124 e. The van der Waals surface area contributed by atoms with Crippen LogP contribution in [0.15, 0.2) is 24.3 Å². The van der Waals surface area contributed by atoms with Gasteiger partial charge in [-0.2, -0.15) is 0 Å². The van der Waals surface area contributed by atoms with Gasteiger partial charge in [0.15, 0.2) is 0 Å². The lowest BCUT2D eigenvalue weighted by atomic mass is 9.93. The molecule has 0 amide bonds. The number of para-hydroxylation sites is 1. The maximum atomic E-state index is 5.94. The first-order valence-corrected chi connectivity index (χ1v) is 6.89. The van der Waals surface area contributed by atoms with Gasteiger partial charge in [0.25, 0.3) is 0 Å². The lowest BCUT2D eigenvalue weighted by Gasteiger charge is -2.21. The molecule has 0 heterocycles. The highest BCUT2D eigenvalue weighted by atomic mass is 16.5. The summed E-state index contributed by atoms with van der Waals surface area (Å²) in [5.41, 5.74) is 1.57. The first-order chi connectivity index (χ1) is 8.44. The Kier molecular flexibility index (Phi) is 5.67. The molecule has 1 N–H and O–H groups in total. The van der Waals surface area contributed by atoms with E-state index in [1.807, 2.05) is 6.07 Å². The van der Waals surface area contributed by atoms with Crippen LogP contribution < -0.4 is 10.1 Å². The molecule has 0 aliphatic heterocycles. The minimum absolute atomic E-state index is 0.322. The van der Waals surface area contributed by atoms with Crippen molar-refractivity contribution in [2.24, 2.45) is 5.41 Å². The van der Waals surface area contributed by atoms with E-state index in [9.17, 15) is 0 Å². The highest BCUT2D eigenvalue weighted by Crippen LogP contribution is 2.26. The van der Waals surface area contributed by atoms with Crippen molar-refractivity contribution in [3.05, 3.63) is 29.8 Å². The van der Waals surface area contributed by atoms with Crippen LogP contribution in [-0.2, 0) is 0 Å². The van der Waals surface area contributed by atoms with Crippen molar-refractivity contribution in [2.45, 2.75) is 47.1 Å². The van der Waals surface area contributed by atoms with E-state index in [1.165, 1.54) is 5.56 Å². The van der Waals surface area contributed by atoms with E-state index in [4.69, 9.17) is 4.74 Å². The highest BCUT2D eigenvalue weighted by Gasteiger charge is 2.13. The Labute approximate surface area is 112 Å². The lowest BCUT2D eigenvalue weighted by molar-refractivity contribution is 0.240. The Morgan fingerprint density at radius 3 is 2.50 bits per heavy atom. The van der Waals surface area contributed by atoms with E-state index in [0.717, 1.165) is 25.3 Å². The second-order valence-electron chi connectivity index (χ2n) is 5.98. The molecule has 0 saturated carbocycles. The summed E-state index contributed by atoms with van der Waals surface area (Å²) in [4.78, 5) is 0. The number of rotatable bonds is 6. The summed E-state index contributed by atoms with van der Waals surface area (Å²) in [5, 5.41) is 3.43. The summed E-state index contributed by atoms with van der Waals surface area (Å²) >= 11 is 0. The third-order valence-corrected chi connectivity index (χ3v) is 3.01. The fourth-order valence-electron chi connectivity index (χ4n) is 1.85. The van der Waals surface area contributed by atoms with Gasteiger partial charge in [-0.05, 0) is 31.4 Å². The van der Waals surface area contributed by atoms with Crippen LogP contribution in [0.2, 0.25) is 0 Å². The molecular weight excluding hydrogens is 222 g/mol. The molecule has 0 saturated heterocycles. The zero-order valence-corrected chi connectivity index (χ0v) is 12.4. The van der Waals surface area contributed by atoms with Crippen LogP contribution in [0.1, 0.15) is 52.6 Å². The van der Waals surface area contributed by atoms with Crippen LogP contribution in [0.4, 0.5) is 0 Å². The Bertz CT molecular complexity index is 354. The number of hydrogen-bond donors (Lipinski definition) is 1. The molecule has 0 aromatic heterocycles. The summed E-state index contributed by atoms with van der Waals surface area (Å²) in [5.74, 6) is 1.01. The lowest BCUT2D eigenvalue weighted by Crippen LogP contribution is -2.19. The molecule has 0 aliphatic rings. The molecule has 1 atom stereocenters. The highest BCUT2D eigenvalue weighted by molar-refractivity contribution is 5.35. The van der Waals surface area contributed by atoms with Crippen LogP contribution in [0.5, 0.6) is 5.75 Å². The molecule has 0 spiro atoms. The van der Waals surface area contributed by atoms with Gasteiger partial charge in [-0.15, -0.1) is 0 Å². The molecule has 2 nitrogen and oxygen atoms in total. The van der Waals surface area contributed by atoms with Crippen molar-refractivity contribution in [3.8, 4) is 5.75 Å². The van der Waals surface area contributed by atoms with Crippen LogP contribution in [0.3, 0.4) is 0 Å². The van der Waals surface area contributed by atoms with Crippen molar-refractivity contribution in [2.75, 3.05) is 13.2 Å². The minimum atomic E-state index is 0.322. The minimum Gasteiger partial charge on any atom is -0.493 e. The van der Waals surface area contributed by atoms with Gasteiger partial charge >= 0.3 is 0 Å². The summed E-state index contributed by atoms with van der Waals surface area (Å²) in [6, 6.07) is 8.64. The van der Waals surface area contributed by atoms with E-state index >= 15 is 0 Å². The second kappa shape index (κ2) is 6.79. The van der Waals surface area contributed by atoms with Gasteiger partial charge in [-0.3, -0.25) is 0 Å². The molecule has 0 aliphatic carbocycles. The Hall–Kier alpha value is -1.02. The van der Waals surface area contributed by atoms with Gasteiger partial charge in [0.05, 0.1) is 6.61 Å². The molecule has 0 fully saturated rings. The quantitative estimate of drug-likeness (QED) is 0.817. The fourth-order valence-corrected chi connectivity index (χ4v) is 1.85. The van der Waals surface area contributed by atoms with E-state index in [2.05, 4.69) is 58.1 Å². The summed E-state index contributed by atoms with van der Waals surface area (Å²) < 4.78 is 5.94. The Balaban J connectivity index is 2.64. The first-order valence-electron chi connectivity index (χ1n) is 6.89. The van der Waals surface area contributed by atoms with E-state index < -0.39 is 0 Å². The van der Waals surface area contributed by atoms with E-state index in [0.29, 0.717) is 11.5 Å². The predicted molar refractivity (Wildman–Crippen MR) is 78.1 cm³/mol. The molecule has 18 heavy (non-hydrogen) atoms. The van der Waals surface area contributed by atoms with Gasteiger partial charge in [-0.1, -0.05) is 45.9 Å². The summed E-state index contributed by atoms with van der Waals surface area (Å²) in [6.07, 6.45) is 1.07. The predicted octanol–water partition coefficient (Wildman–Crippen LogP) is 4.17. The molecule has 1 unspecified atom stereocenters. The SMILES string of the molecule is CCNC(C)c1ccccc1OCCC(C)(C)C. The molecule has 0 radical (unpaired) electrons. The molecule has 1 aromatic rings. The average molecular weight is 249 g/mol. The zero-order chi connectivity index (χ0) is 13.6. The van der Waals surface area contributed by atoms with Crippen molar-refractivity contribution in [1.29, 1.82) is 0 Å². The monoisotopic (exact) mass is 249 g/mol. The molecule has 2 heteroatoms. The normalized spacial score (nSPS) is 13.4. The van der Waals surface area contributed by atoms with Crippen molar-refractivity contribution >= 4 is 0 Å². The summed E-state index contributed by atoms with van der Waals surface area (Å²) in [6.45, 7) is 12.8. The van der Waals surface area contributed by atoms with E-state index in [-0.39, 0.29) is 0 Å². The van der Waals surface area contributed by atoms with E-state index in [1.54, 1.807) is 0 Å². The summed E-state index contributed by atoms with van der Waals surface area (Å²) in [7, 11) is 0.